The van der Waals surface area contributed by atoms with E-state index in [0.29, 0.717) is 5.75 Å². The molecule has 0 saturated heterocycles. The minimum absolute atomic E-state index is 0.230. The Morgan fingerprint density at radius 1 is 0.929 bits per heavy atom. The third-order valence-electron chi connectivity index (χ3n) is 2.27. The lowest BCUT2D eigenvalue weighted by Crippen LogP contribution is -2.30. The zero-order valence-corrected chi connectivity index (χ0v) is 11.2. The molecular weight excluding hydrogens is 196 g/mol. The van der Waals surface area contributed by atoms with Crippen LogP contribution in [0.3, 0.4) is 0 Å². The van der Waals surface area contributed by atoms with Crippen LogP contribution < -0.4 is 0 Å². The molecular formula is C11H24O2S. The average Bonchev–Trinajstić information content (AvgIpc) is 1.80. The zero-order chi connectivity index (χ0) is 11.6. The van der Waals surface area contributed by atoms with Crippen molar-refractivity contribution in [2.24, 2.45) is 5.41 Å². The highest BCUT2D eigenvalue weighted by atomic mass is 32.2. The fourth-order valence-corrected chi connectivity index (χ4v) is 2.24. The molecule has 0 spiro atoms. The molecule has 0 bridgehead atoms. The Balaban J connectivity index is 4.17. The molecule has 0 rings (SSSR count). The second kappa shape index (κ2) is 4.21. The summed E-state index contributed by atoms with van der Waals surface area (Å²) >= 11 is 0. The van der Waals surface area contributed by atoms with Crippen molar-refractivity contribution in [1.82, 2.24) is 0 Å². The fourth-order valence-electron chi connectivity index (χ4n) is 1.10. The highest BCUT2D eigenvalue weighted by molar-refractivity contribution is 7.92. The van der Waals surface area contributed by atoms with Crippen LogP contribution in [-0.2, 0) is 9.84 Å². The predicted molar refractivity (Wildman–Crippen MR) is 62.2 cm³/mol. The van der Waals surface area contributed by atoms with E-state index in [4.69, 9.17) is 0 Å². The van der Waals surface area contributed by atoms with E-state index in [9.17, 15) is 8.42 Å². The molecule has 0 fully saturated rings. The lowest BCUT2D eigenvalue weighted by molar-refractivity contribution is 0.373. The molecule has 0 aliphatic carbocycles. The topological polar surface area (TPSA) is 34.1 Å². The first-order valence-electron chi connectivity index (χ1n) is 5.18. The fraction of sp³-hybridized carbons (Fsp3) is 1.00. The van der Waals surface area contributed by atoms with E-state index in [1.807, 2.05) is 0 Å². The summed E-state index contributed by atoms with van der Waals surface area (Å²) in [6, 6.07) is 0. The Morgan fingerprint density at radius 2 is 1.36 bits per heavy atom. The molecule has 3 heteroatoms. The summed E-state index contributed by atoms with van der Waals surface area (Å²) in [5.41, 5.74) is 0.230. The van der Waals surface area contributed by atoms with Crippen LogP contribution in [0.4, 0.5) is 0 Å². The molecule has 0 unspecified atom stereocenters. The van der Waals surface area contributed by atoms with Gasteiger partial charge in [0.05, 0.1) is 10.5 Å². The quantitative estimate of drug-likeness (QED) is 0.732. The van der Waals surface area contributed by atoms with Gasteiger partial charge in [-0.3, -0.25) is 0 Å². The van der Waals surface area contributed by atoms with Gasteiger partial charge in [-0.05, 0) is 39.0 Å². The lowest BCUT2D eigenvalue weighted by atomic mass is 9.91. The number of rotatable bonds is 3. The molecule has 86 valence electrons. The summed E-state index contributed by atoms with van der Waals surface area (Å²) in [7, 11) is -2.92. The summed E-state index contributed by atoms with van der Waals surface area (Å²) < 4.78 is 22.9. The van der Waals surface area contributed by atoms with Crippen molar-refractivity contribution < 1.29 is 8.42 Å². The minimum atomic E-state index is -2.92. The van der Waals surface area contributed by atoms with E-state index < -0.39 is 14.6 Å². The summed E-state index contributed by atoms with van der Waals surface area (Å²) in [4.78, 5) is 0. The molecule has 0 heterocycles. The van der Waals surface area contributed by atoms with Crippen molar-refractivity contribution in [3.63, 3.8) is 0 Å². The van der Waals surface area contributed by atoms with Gasteiger partial charge >= 0.3 is 0 Å². The number of hydrogen-bond acceptors (Lipinski definition) is 2. The molecule has 2 nitrogen and oxygen atoms in total. The number of sulfone groups is 1. The molecule has 14 heavy (non-hydrogen) atoms. The summed E-state index contributed by atoms with van der Waals surface area (Å²) in [6.45, 7) is 11.7. The van der Waals surface area contributed by atoms with E-state index in [2.05, 4.69) is 20.8 Å². The Hall–Kier alpha value is -0.0500. The first-order chi connectivity index (χ1) is 5.96. The zero-order valence-electron chi connectivity index (χ0n) is 10.3. The van der Waals surface area contributed by atoms with E-state index in [-0.39, 0.29) is 5.41 Å². The van der Waals surface area contributed by atoms with Crippen LogP contribution in [0, 0.1) is 5.41 Å². The molecule has 0 saturated carbocycles. The first kappa shape index (κ1) is 13.9. The van der Waals surface area contributed by atoms with Gasteiger partial charge in [0, 0.05) is 0 Å². The van der Waals surface area contributed by atoms with Gasteiger partial charge in [0.15, 0.2) is 9.84 Å². The highest BCUT2D eigenvalue weighted by Gasteiger charge is 2.28. The van der Waals surface area contributed by atoms with E-state index >= 15 is 0 Å². The normalized spacial score (nSPS) is 14.4. The average molecular weight is 220 g/mol. The van der Waals surface area contributed by atoms with E-state index in [0.717, 1.165) is 12.8 Å². The maximum Gasteiger partial charge on any atom is 0.155 e. The SMILES string of the molecule is CC(C)(C)CCCS(=O)(=O)C(C)(C)C. The van der Waals surface area contributed by atoms with Crippen LogP contribution in [0.5, 0.6) is 0 Å². The molecule has 0 aromatic rings. The van der Waals surface area contributed by atoms with Gasteiger partial charge in [-0.25, -0.2) is 8.42 Å². The standard InChI is InChI=1S/C11H24O2S/c1-10(2,3)8-7-9-14(12,13)11(4,5)6/h7-9H2,1-6H3. The minimum Gasteiger partial charge on any atom is -0.228 e. The first-order valence-corrected chi connectivity index (χ1v) is 6.83. The Labute approximate surface area is 89.0 Å². The molecule has 0 amide bonds. The summed E-state index contributed by atoms with van der Waals surface area (Å²) in [5, 5.41) is 0. The Morgan fingerprint density at radius 3 is 1.64 bits per heavy atom. The third-order valence-corrected chi connectivity index (χ3v) is 4.97. The smallest absolute Gasteiger partial charge is 0.155 e. The summed E-state index contributed by atoms with van der Waals surface area (Å²) in [6.07, 6.45) is 1.73. The lowest BCUT2D eigenvalue weighted by Gasteiger charge is -2.21. The second-order valence-electron chi connectivity index (χ2n) is 6.10. The van der Waals surface area contributed by atoms with Crippen molar-refractivity contribution in [1.29, 1.82) is 0 Å². The van der Waals surface area contributed by atoms with Crippen molar-refractivity contribution in [3.8, 4) is 0 Å². The van der Waals surface area contributed by atoms with Crippen LogP contribution in [0.15, 0.2) is 0 Å². The van der Waals surface area contributed by atoms with Crippen molar-refractivity contribution in [3.05, 3.63) is 0 Å². The van der Waals surface area contributed by atoms with Gasteiger partial charge in [-0.15, -0.1) is 0 Å². The van der Waals surface area contributed by atoms with Gasteiger partial charge in [-0.2, -0.15) is 0 Å². The highest BCUT2D eigenvalue weighted by Crippen LogP contribution is 2.23. The second-order valence-corrected chi connectivity index (χ2v) is 8.96. The Bertz CT molecular complexity index is 263. The maximum absolute atomic E-state index is 11.7. The molecule has 0 aliphatic rings. The monoisotopic (exact) mass is 220 g/mol. The number of hydrogen-bond donors (Lipinski definition) is 0. The molecule has 0 radical (unpaired) electrons. The van der Waals surface area contributed by atoms with Gasteiger partial charge in [0.25, 0.3) is 0 Å². The molecule has 0 N–H and O–H groups in total. The third kappa shape index (κ3) is 4.99. The van der Waals surface area contributed by atoms with Crippen molar-refractivity contribution in [2.75, 3.05) is 5.75 Å². The van der Waals surface area contributed by atoms with Crippen LogP contribution >= 0.6 is 0 Å². The van der Waals surface area contributed by atoms with Crippen molar-refractivity contribution in [2.45, 2.75) is 59.1 Å². The molecule has 0 aromatic carbocycles. The van der Waals surface area contributed by atoms with Gasteiger partial charge in [-0.1, -0.05) is 20.8 Å². The molecule has 0 atom stereocenters. The van der Waals surface area contributed by atoms with Crippen LogP contribution in [0.1, 0.15) is 54.4 Å². The van der Waals surface area contributed by atoms with Crippen LogP contribution in [0.2, 0.25) is 0 Å². The largest absolute Gasteiger partial charge is 0.228 e. The van der Waals surface area contributed by atoms with E-state index in [1.165, 1.54) is 0 Å². The van der Waals surface area contributed by atoms with E-state index in [1.54, 1.807) is 20.8 Å². The Kier molecular flexibility index (Phi) is 4.20. The van der Waals surface area contributed by atoms with Crippen LogP contribution in [-0.4, -0.2) is 18.9 Å². The van der Waals surface area contributed by atoms with Crippen LogP contribution in [0.25, 0.3) is 0 Å². The maximum atomic E-state index is 11.7. The summed E-state index contributed by atoms with van der Waals surface area (Å²) in [5.74, 6) is 0.313. The molecule has 0 aromatic heterocycles. The molecule has 0 aliphatic heterocycles. The van der Waals surface area contributed by atoms with Gasteiger partial charge in [0.1, 0.15) is 0 Å². The predicted octanol–water partition coefficient (Wildman–Crippen LogP) is 3.03. The van der Waals surface area contributed by atoms with Gasteiger partial charge < -0.3 is 0 Å². The van der Waals surface area contributed by atoms with Crippen molar-refractivity contribution >= 4 is 9.84 Å². The van der Waals surface area contributed by atoms with Gasteiger partial charge in [0.2, 0.25) is 0 Å².